The van der Waals surface area contributed by atoms with E-state index in [0.29, 0.717) is 28.0 Å². The van der Waals surface area contributed by atoms with Gasteiger partial charge in [-0.1, -0.05) is 37.1 Å². The molecule has 0 fully saturated rings. The van der Waals surface area contributed by atoms with Crippen LogP contribution in [-0.2, 0) is 13.1 Å². The quantitative estimate of drug-likeness (QED) is 0.262. The highest BCUT2D eigenvalue weighted by Gasteiger charge is 2.30. The second kappa shape index (κ2) is 11.4. The van der Waals surface area contributed by atoms with Crippen LogP contribution in [0.1, 0.15) is 32.1 Å². The second-order valence-corrected chi connectivity index (χ2v) is 9.80. The minimum Gasteiger partial charge on any atom is -0.348 e. The Morgan fingerprint density at radius 1 is 0.923 bits per heavy atom. The van der Waals surface area contributed by atoms with Gasteiger partial charge < -0.3 is 10.6 Å². The minimum atomic E-state index is -4.59. The van der Waals surface area contributed by atoms with Gasteiger partial charge in [0.25, 0.3) is 5.56 Å². The predicted octanol–water partition coefficient (Wildman–Crippen LogP) is 5.73. The number of unbranched alkanes of at least 4 members (excludes halogenated alkanes) is 3. The van der Waals surface area contributed by atoms with Crippen molar-refractivity contribution in [2.24, 2.45) is 5.73 Å². The number of nitrogens with zero attached hydrogens (tertiary/aromatic N) is 5. The van der Waals surface area contributed by atoms with E-state index in [1.54, 1.807) is 24.3 Å². The first kappa shape index (κ1) is 26.7. The van der Waals surface area contributed by atoms with Crippen LogP contribution in [0.3, 0.4) is 0 Å². The maximum Gasteiger partial charge on any atom is 0.408 e. The van der Waals surface area contributed by atoms with Crippen LogP contribution in [0.4, 0.5) is 18.9 Å². The van der Waals surface area contributed by atoms with Crippen molar-refractivity contribution in [3.8, 4) is 22.4 Å². The summed E-state index contributed by atoms with van der Waals surface area (Å²) in [6.07, 6.45) is 6.49. The predicted molar refractivity (Wildman–Crippen MR) is 147 cm³/mol. The van der Waals surface area contributed by atoms with E-state index in [0.717, 1.165) is 61.8 Å². The zero-order valence-corrected chi connectivity index (χ0v) is 21.6. The average molecular weight is 537 g/mol. The number of hydrogen-bond acceptors (Lipinski definition) is 5. The molecule has 0 saturated carbocycles. The lowest BCUT2D eigenvalue weighted by Crippen LogP contribution is -2.31. The molecule has 204 valence electrons. The van der Waals surface area contributed by atoms with Crippen molar-refractivity contribution in [3.05, 3.63) is 77.4 Å². The number of fused-ring (bicyclic) bond motifs is 1. The van der Waals surface area contributed by atoms with Crippen LogP contribution in [0.2, 0.25) is 0 Å². The molecular formula is C29H31F3N6O. The molecule has 1 aliphatic rings. The molecule has 0 bridgehead atoms. The Morgan fingerprint density at radius 3 is 2.41 bits per heavy atom. The number of hydrogen-bond donors (Lipinski definition) is 1. The molecule has 4 aromatic rings. The van der Waals surface area contributed by atoms with Crippen molar-refractivity contribution in [1.82, 2.24) is 19.6 Å². The smallest absolute Gasteiger partial charge is 0.348 e. The van der Waals surface area contributed by atoms with E-state index < -0.39 is 18.3 Å². The molecule has 0 spiro atoms. The van der Waals surface area contributed by atoms with E-state index >= 15 is 0 Å². The number of nitrogens with two attached hydrogens (primary N) is 1. The van der Waals surface area contributed by atoms with Gasteiger partial charge in [0, 0.05) is 42.1 Å². The molecular weight excluding hydrogens is 505 g/mol. The Bertz CT molecular complexity index is 1520. The normalized spacial score (nSPS) is 13.6. The second-order valence-electron chi connectivity index (χ2n) is 9.80. The van der Waals surface area contributed by atoms with Crippen LogP contribution in [-0.4, -0.2) is 38.8 Å². The molecule has 10 heteroatoms. The monoisotopic (exact) mass is 536 g/mol. The lowest BCUT2D eigenvalue weighted by atomic mass is 10.0. The summed E-state index contributed by atoms with van der Waals surface area (Å²) in [4.78, 5) is 15.3. The molecule has 2 N–H and O–H groups in total. The third kappa shape index (κ3) is 6.39. The fourth-order valence-corrected chi connectivity index (χ4v) is 4.83. The fraction of sp³-hybridized carbons (Fsp3) is 0.345. The van der Waals surface area contributed by atoms with Gasteiger partial charge in [0.1, 0.15) is 6.54 Å². The van der Waals surface area contributed by atoms with E-state index in [1.807, 2.05) is 41.3 Å². The number of aryl methyl sites for hydroxylation is 1. The SMILES string of the molecule is NCCCCCCn1cc2cc(-c3cc(-c4ccc(N5C=CCC5)cc4)nn(CC(F)(F)F)c3=O)ccc2n1. The molecule has 1 aliphatic heterocycles. The number of anilines is 1. The molecule has 5 rings (SSSR count). The maximum atomic E-state index is 13.4. The zero-order chi connectivity index (χ0) is 27.4. The lowest BCUT2D eigenvalue weighted by Gasteiger charge is -2.16. The van der Waals surface area contributed by atoms with Crippen LogP contribution >= 0.6 is 0 Å². The number of halogens is 3. The van der Waals surface area contributed by atoms with Gasteiger partial charge in [-0.25, -0.2) is 4.68 Å². The Balaban J connectivity index is 1.48. The van der Waals surface area contributed by atoms with Crippen LogP contribution in [0.5, 0.6) is 0 Å². The fourth-order valence-electron chi connectivity index (χ4n) is 4.83. The summed E-state index contributed by atoms with van der Waals surface area (Å²) in [6.45, 7) is 0.867. The van der Waals surface area contributed by atoms with Gasteiger partial charge in [0.05, 0.1) is 16.8 Å². The summed E-state index contributed by atoms with van der Waals surface area (Å²) < 4.78 is 42.5. The summed E-state index contributed by atoms with van der Waals surface area (Å²) in [7, 11) is 0. The number of benzene rings is 2. The molecule has 0 saturated heterocycles. The molecule has 0 atom stereocenters. The first-order valence-electron chi connectivity index (χ1n) is 13.2. The van der Waals surface area contributed by atoms with E-state index in [2.05, 4.69) is 21.2 Å². The molecule has 0 amide bonds. The zero-order valence-electron chi connectivity index (χ0n) is 21.6. The third-order valence-corrected chi connectivity index (χ3v) is 6.82. The maximum absolute atomic E-state index is 13.4. The van der Waals surface area contributed by atoms with Crippen molar-refractivity contribution in [2.45, 2.75) is 51.4 Å². The van der Waals surface area contributed by atoms with E-state index in [9.17, 15) is 18.0 Å². The van der Waals surface area contributed by atoms with Gasteiger partial charge >= 0.3 is 6.18 Å². The molecule has 0 unspecified atom stereocenters. The van der Waals surface area contributed by atoms with E-state index in [4.69, 9.17) is 5.73 Å². The van der Waals surface area contributed by atoms with Crippen LogP contribution in [0, 0.1) is 0 Å². The van der Waals surface area contributed by atoms with Crippen molar-refractivity contribution in [2.75, 3.05) is 18.0 Å². The summed E-state index contributed by atoms with van der Waals surface area (Å²) >= 11 is 0. The van der Waals surface area contributed by atoms with Gasteiger partial charge in [-0.15, -0.1) is 0 Å². The lowest BCUT2D eigenvalue weighted by molar-refractivity contribution is -0.143. The largest absolute Gasteiger partial charge is 0.408 e. The standard InChI is InChI=1S/C29H31F3N6O/c30-29(31,32)20-38-28(39)25(18-27(35-38)21-7-10-24(11-8-21)36-14-5-6-15-36)22-9-12-26-23(17-22)19-37(34-26)16-4-2-1-3-13-33/h5,7-12,14,17-19H,1-4,6,13,15-16,20,33H2. The first-order valence-corrected chi connectivity index (χ1v) is 13.2. The van der Waals surface area contributed by atoms with Crippen molar-refractivity contribution in [3.63, 3.8) is 0 Å². The number of aromatic nitrogens is 4. The molecule has 2 aromatic heterocycles. The van der Waals surface area contributed by atoms with Gasteiger partial charge in [-0.05, 0) is 61.7 Å². The number of rotatable bonds is 10. The van der Waals surface area contributed by atoms with E-state index in [1.165, 1.54) is 0 Å². The summed E-state index contributed by atoms with van der Waals surface area (Å²) in [6, 6.07) is 14.3. The first-order chi connectivity index (χ1) is 18.8. The molecule has 2 aromatic carbocycles. The molecule has 39 heavy (non-hydrogen) atoms. The average Bonchev–Trinajstić information content (AvgIpc) is 3.59. The molecule has 7 nitrogen and oxygen atoms in total. The topological polar surface area (TPSA) is 82.0 Å². The highest BCUT2D eigenvalue weighted by molar-refractivity contribution is 5.84. The van der Waals surface area contributed by atoms with Crippen LogP contribution in [0.25, 0.3) is 33.3 Å². The molecule has 0 aliphatic carbocycles. The van der Waals surface area contributed by atoms with Gasteiger partial charge in [0.15, 0.2) is 0 Å². The third-order valence-electron chi connectivity index (χ3n) is 6.82. The molecule has 3 heterocycles. The van der Waals surface area contributed by atoms with Gasteiger partial charge in [0.2, 0.25) is 0 Å². The van der Waals surface area contributed by atoms with E-state index in [-0.39, 0.29) is 5.56 Å². The number of alkyl halides is 3. The Hall–Kier alpha value is -3.92. The minimum absolute atomic E-state index is 0.159. The molecule has 0 radical (unpaired) electrons. The van der Waals surface area contributed by atoms with Gasteiger partial charge in [-0.2, -0.15) is 23.4 Å². The van der Waals surface area contributed by atoms with Crippen molar-refractivity contribution >= 4 is 16.6 Å². The Morgan fingerprint density at radius 2 is 1.69 bits per heavy atom. The summed E-state index contributed by atoms with van der Waals surface area (Å²) in [5, 5.41) is 9.51. The highest BCUT2D eigenvalue weighted by Crippen LogP contribution is 2.28. The Labute approximate surface area is 224 Å². The summed E-state index contributed by atoms with van der Waals surface area (Å²) in [5.41, 5.74) is 8.11. The highest BCUT2D eigenvalue weighted by atomic mass is 19.4. The van der Waals surface area contributed by atoms with Crippen LogP contribution < -0.4 is 16.2 Å². The summed E-state index contributed by atoms with van der Waals surface area (Å²) in [5.74, 6) is 0. The Kier molecular flexibility index (Phi) is 7.83. The van der Waals surface area contributed by atoms with Crippen LogP contribution in [0.15, 0.2) is 71.8 Å². The van der Waals surface area contributed by atoms with Crippen molar-refractivity contribution in [1.29, 1.82) is 0 Å². The van der Waals surface area contributed by atoms with Gasteiger partial charge in [-0.3, -0.25) is 9.48 Å². The van der Waals surface area contributed by atoms with Crippen molar-refractivity contribution < 1.29 is 13.2 Å².